The molecule has 1 aliphatic heterocycles. The molecule has 5 nitrogen and oxygen atoms in total. The molecule has 2 aromatic rings. The van der Waals surface area contributed by atoms with Crippen molar-refractivity contribution in [1.29, 1.82) is 0 Å². The van der Waals surface area contributed by atoms with Crippen molar-refractivity contribution in [3.8, 4) is 0 Å². The van der Waals surface area contributed by atoms with Crippen LogP contribution in [0.4, 0.5) is 0 Å². The smallest absolute Gasteiger partial charge is 0.224 e. The van der Waals surface area contributed by atoms with Gasteiger partial charge in [0.15, 0.2) is 0 Å². The number of fused-ring (bicyclic) bond motifs is 1. The molecule has 112 valence electrons. The second kappa shape index (κ2) is 6.28. The van der Waals surface area contributed by atoms with Gasteiger partial charge < -0.3 is 19.9 Å². The first-order chi connectivity index (χ1) is 10.2. The number of hydrogen-bond acceptors (Lipinski definition) is 3. The molecule has 1 saturated heterocycles. The zero-order valence-corrected chi connectivity index (χ0v) is 12.3. The summed E-state index contributed by atoms with van der Waals surface area (Å²) in [6.45, 7) is 3.14. The van der Waals surface area contributed by atoms with Crippen molar-refractivity contribution in [2.75, 3.05) is 33.3 Å². The van der Waals surface area contributed by atoms with Gasteiger partial charge in [0.1, 0.15) is 0 Å². The highest BCUT2D eigenvalue weighted by molar-refractivity contribution is 5.88. The molecule has 2 N–H and O–H groups in total. The summed E-state index contributed by atoms with van der Waals surface area (Å²) in [5.74, 6) is 0.0385. The van der Waals surface area contributed by atoms with Gasteiger partial charge in [0.2, 0.25) is 5.91 Å². The molecule has 0 spiro atoms. The Hall–Kier alpha value is -1.85. The van der Waals surface area contributed by atoms with Gasteiger partial charge in [-0.1, -0.05) is 18.2 Å². The minimum Gasteiger partial charge on any atom is -0.374 e. The summed E-state index contributed by atoms with van der Waals surface area (Å²) in [6, 6.07) is 8.03. The molecule has 1 fully saturated rings. The molecule has 2 heterocycles. The SMILES string of the molecule is CN1CCOC(CNC(=O)Cc2c[nH]c3ccccc23)C1. The van der Waals surface area contributed by atoms with E-state index in [0.717, 1.165) is 36.2 Å². The van der Waals surface area contributed by atoms with Gasteiger partial charge in [-0.3, -0.25) is 4.79 Å². The third-order valence-corrected chi connectivity index (χ3v) is 3.89. The van der Waals surface area contributed by atoms with Crippen LogP contribution in [0.3, 0.4) is 0 Å². The molecule has 0 radical (unpaired) electrons. The molecule has 1 aliphatic rings. The summed E-state index contributed by atoms with van der Waals surface area (Å²) in [4.78, 5) is 17.5. The summed E-state index contributed by atoms with van der Waals surface area (Å²) in [6.07, 6.45) is 2.40. The summed E-state index contributed by atoms with van der Waals surface area (Å²) in [7, 11) is 2.07. The number of aromatic nitrogens is 1. The highest BCUT2D eigenvalue weighted by Gasteiger charge is 2.18. The number of hydrogen-bond donors (Lipinski definition) is 2. The van der Waals surface area contributed by atoms with E-state index in [9.17, 15) is 4.79 Å². The number of nitrogens with one attached hydrogen (secondary N) is 2. The van der Waals surface area contributed by atoms with E-state index in [4.69, 9.17) is 4.74 Å². The van der Waals surface area contributed by atoms with E-state index in [1.54, 1.807) is 0 Å². The number of carbonyl (C=O) groups excluding carboxylic acids is 1. The van der Waals surface area contributed by atoms with E-state index in [0.29, 0.717) is 13.0 Å². The van der Waals surface area contributed by atoms with Crippen molar-refractivity contribution in [1.82, 2.24) is 15.2 Å². The fraction of sp³-hybridized carbons (Fsp3) is 0.438. The maximum absolute atomic E-state index is 12.1. The molecule has 1 atom stereocenters. The molecule has 0 bridgehead atoms. The first-order valence-electron chi connectivity index (χ1n) is 7.34. The normalized spacial score (nSPS) is 19.8. The topological polar surface area (TPSA) is 57.4 Å². The second-order valence-electron chi connectivity index (χ2n) is 5.60. The van der Waals surface area contributed by atoms with Gasteiger partial charge in [0, 0.05) is 36.7 Å². The number of benzene rings is 1. The van der Waals surface area contributed by atoms with Gasteiger partial charge >= 0.3 is 0 Å². The van der Waals surface area contributed by atoms with Gasteiger partial charge in [0.25, 0.3) is 0 Å². The van der Waals surface area contributed by atoms with Crippen molar-refractivity contribution in [2.24, 2.45) is 0 Å². The van der Waals surface area contributed by atoms with Gasteiger partial charge in [-0.2, -0.15) is 0 Å². The van der Waals surface area contributed by atoms with Crippen LogP contribution in [0.25, 0.3) is 10.9 Å². The first kappa shape index (κ1) is 14.1. The molecule has 21 heavy (non-hydrogen) atoms. The number of H-pyrrole nitrogens is 1. The fourth-order valence-corrected chi connectivity index (χ4v) is 2.73. The van der Waals surface area contributed by atoms with Gasteiger partial charge in [0.05, 0.1) is 19.1 Å². The molecular weight excluding hydrogens is 266 g/mol. The van der Waals surface area contributed by atoms with Crippen LogP contribution in [0.5, 0.6) is 0 Å². The number of likely N-dealkylation sites (N-methyl/N-ethyl adjacent to an activating group) is 1. The van der Waals surface area contributed by atoms with Crippen molar-refractivity contribution >= 4 is 16.8 Å². The lowest BCUT2D eigenvalue weighted by atomic mass is 10.1. The van der Waals surface area contributed by atoms with Crippen LogP contribution in [-0.4, -0.2) is 55.2 Å². The molecule has 5 heteroatoms. The Bertz CT molecular complexity index is 623. The van der Waals surface area contributed by atoms with Crippen LogP contribution < -0.4 is 5.32 Å². The maximum atomic E-state index is 12.1. The quantitative estimate of drug-likeness (QED) is 0.887. The molecule has 1 aromatic carbocycles. The molecule has 1 unspecified atom stereocenters. The average Bonchev–Trinajstić information content (AvgIpc) is 2.89. The monoisotopic (exact) mass is 287 g/mol. The highest BCUT2D eigenvalue weighted by atomic mass is 16.5. The maximum Gasteiger partial charge on any atom is 0.224 e. The lowest BCUT2D eigenvalue weighted by Crippen LogP contribution is -2.46. The van der Waals surface area contributed by atoms with E-state index in [1.807, 2.05) is 30.5 Å². The van der Waals surface area contributed by atoms with Crippen LogP contribution in [0.2, 0.25) is 0 Å². The Labute approximate surface area is 124 Å². The van der Waals surface area contributed by atoms with Crippen LogP contribution in [0.15, 0.2) is 30.5 Å². The molecular formula is C16H21N3O2. The van der Waals surface area contributed by atoms with Crippen LogP contribution in [0.1, 0.15) is 5.56 Å². The third kappa shape index (κ3) is 3.43. The zero-order valence-electron chi connectivity index (χ0n) is 12.3. The average molecular weight is 287 g/mol. The predicted octanol–water partition coefficient (Wildman–Crippen LogP) is 1.16. The Kier molecular flexibility index (Phi) is 4.22. The van der Waals surface area contributed by atoms with Gasteiger partial charge in [-0.05, 0) is 18.7 Å². The number of morpholine rings is 1. The molecule has 1 amide bonds. The molecule has 0 aliphatic carbocycles. The Morgan fingerprint density at radius 3 is 3.19 bits per heavy atom. The van der Waals surface area contributed by atoms with E-state index in [2.05, 4.69) is 22.2 Å². The van der Waals surface area contributed by atoms with Crippen LogP contribution in [-0.2, 0) is 16.0 Å². The van der Waals surface area contributed by atoms with E-state index in [-0.39, 0.29) is 12.0 Å². The van der Waals surface area contributed by atoms with E-state index < -0.39 is 0 Å². The van der Waals surface area contributed by atoms with Crippen LogP contribution >= 0.6 is 0 Å². The lowest BCUT2D eigenvalue weighted by Gasteiger charge is -2.30. The minimum atomic E-state index is 0.0385. The predicted molar refractivity (Wildman–Crippen MR) is 82.2 cm³/mol. The third-order valence-electron chi connectivity index (χ3n) is 3.89. The number of carbonyl (C=O) groups is 1. The minimum absolute atomic E-state index is 0.0385. The summed E-state index contributed by atoms with van der Waals surface area (Å²) < 4.78 is 5.64. The molecule has 0 saturated carbocycles. The van der Waals surface area contributed by atoms with Crippen molar-refractivity contribution in [3.05, 3.63) is 36.0 Å². The number of para-hydroxylation sites is 1. The lowest BCUT2D eigenvalue weighted by molar-refractivity contribution is -0.121. The van der Waals surface area contributed by atoms with E-state index in [1.165, 1.54) is 0 Å². The van der Waals surface area contributed by atoms with Crippen molar-refractivity contribution in [3.63, 3.8) is 0 Å². The van der Waals surface area contributed by atoms with Crippen LogP contribution in [0, 0.1) is 0 Å². The summed E-state index contributed by atoms with van der Waals surface area (Å²) in [5, 5.41) is 4.08. The highest BCUT2D eigenvalue weighted by Crippen LogP contribution is 2.17. The second-order valence-corrected chi connectivity index (χ2v) is 5.60. The molecule has 1 aromatic heterocycles. The standard InChI is InChI=1S/C16H21N3O2/c1-19-6-7-21-13(11-19)10-18-16(20)8-12-9-17-15-5-3-2-4-14(12)15/h2-5,9,13,17H,6-8,10-11H2,1H3,(H,18,20). The Balaban J connectivity index is 1.54. The number of aromatic amines is 1. The largest absolute Gasteiger partial charge is 0.374 e. The van der Waals surface area contributed by atoms with Crippen molar-refractivity contribution in [2.45, 2.75) is 12.5 Å². The number of ether oxygens (including phenoxy) is 1. The number of amides is 1. The number of nitrogens with zero attached hydrogens (tertiary/aromatic N) is 1. The molecule has 3 rings (SSSR count). The number of rotatable bonds is 4. The first-order valence-corrected chi connectivity index (χ1v) is 7.34. The Morgan fingerprint density at radius 1 is 1.48 bits per heavy atom. The Morgan fingerprint density at radius 2 is 2.33 bits per heavy atom. The van der Waals surface area contributed by atoms with Gasteiger partial charge in [-0.15, -0.1) is 0 Å². The fourth-order valence-electron chi connectivity index (χ4n) is 2.73. The summed E-state index contributed by atoms with van der Waals surface area (Å²) >= 11 is 0. The summed E-state index contributed by atoms with van der Waals surface area (Å²) in [5.41, 5.74) is 2.10. The van der Waals surface area contributed by atoms with E-state index >= 15 is 0 Å². The van der Waals surface area contributed by atoms with Gasteiger partial charge in [-0.25, -0.2) is 0 Å². The van der Waals surface area contributed by atoms with Crippen molar-refractivity contribution < 1.29 is 9.53 Å². The zero-order chi connectivity index (χ0) is 14.7.